The number of rotatable bonds is 2. The Bertz CT molecular complexity index is 470. The molecule has 2 rings (SSSR count). The Kier molecular flexibility index (Phi) is 3.08. The molecule has 0 radical (unpaired) electrons. The molecule has 4 nitrogen and oxygen atoms in total. The molecule has 2 N–H and O–H groups in total. The Hall–Kier alpha value is -1.91. The van der Waals surface area contributed by atoms with Crippen LogP contribution in [0.2, 0.25) is 0 Å². The number of aryl methyl sites for hydroxylation is 1. The number of nitrogens with one attached hydrogen (secondary N) is 2. The van der Waals surface area contributed by atoms with Gasteiger partial charge < -0.3 is 10.6 Å². The summed E-state index contributed by atoms with van der Waals surface area (Å²) in [6, 6.07) is 4.17. The summed E-state index contributed by atoms with van der Waals surface area (Å²) >= 11 is 0. The lowest BCUT2D eigenvalue weighted by molar-refractivity contribution is -0.136. The summed E-state index contributed by atoms with van der Waals surface area (Å²) in [6.07, 6.45) is 1.83. The van der Waals surface area contributed by atoms with Gasteiger partial charge in [-0.15, -0.1) is 0 Å². The van der Waals surface area contributed by atoms with E-state index in [4.69, 9.17) is 0 Å². The van der Waals surface area contributed by atoms with Crippen LogP contribution in [0.4, 0.5) is 10.1 Å². The van der Waals surface area contributed by atoms with Gasteiger partial charge in [0.2, 0.25) is 0 Å². The lowest BCUT2D eigenvalue weighted by atomic mass is 10.2. The zero-order valence-corrected chi connectivity index (χ0v) is 9.42. The second-order valence-electron chi connectivity index (χ2n) is 4.16. The van der Waals surface area contributed by atoms with Gasteiger partial charge in [-0.2, -0.15) is 0 Å². The summed E-state index contributed by atoms with van der Waals surface area (Å²) in [5.74, 6) is -1.88. The molecule has 1 aliphatic carbocycles. The summed E-state index contributed by atoms with van der Waals surface area (Å²) in [4.78, 5) is 22.9. The highest BCUT2D eigenvalue weighted by Crippen LogP contribution is 2.19. The van der Waals surface area contributed by atoms with Crippen LogP contribution < -0.4 is 10.6 Å². The van der Waals surface area contributed by atoms with E-state index in [2.05, 4.69) is 10.6 Å². The van der Waals surface area contributed by atoms with E-state index in [9.17, 15) is 14.0 Å². The molecule has 1 saturated carbocycles. The largest absolute Gasteiger partial charge is 0.345 e. The number of carbonyl (C=O) groups excluding carboxylic acids is 2. The predicted molar refractivity (Wildman–Crippen MR) is 60.9 cm³/mol. The second-order valence-corrected chi connectivity index (χ2v) is 4.16. The molecule has 1 aliphatic rings. The smallest absolute Gasteiger partial charge is 0.313 e. The lowest BCUT2D eigenvalue weighted by Crippen LogP contribution is -2.36. The van der Waals surface area contributed by atoms with Crippen LogP contribution in [0.15, 0.2) is 18.2 Å². The molecule has 0 bridgehead atoms. The van der Waals surface area contributed by atoms with Gasteiger partial charge in [0.25, 0.3) is 0 Å². The Labute approximate surface area is 98.2 Å². The van der Waals surface area contributed by atoms with Gasteiger partial charge >= 0.3 is 11.8 Å². The summed E-state index contributed by atoms with van der Waals surface area (Å²) < 4.78 is 13.0. The van der Waals surface area contributed by atoms with Crippen molar-refractivity contribution in [1.82, 2.24) is 5.32 Å². The molecule has 0 aliphatic heterocycles. The molecule has 0 unspecified atom stereocenters. The molecule has 1 aromatic rings. The average Bonchev–Trinajstić information content (AvgIpc) is 3.07. The van der Waals surface area contributed by atoms with Crippen LogP contribution in [0.5, 0.6) is 0 Å². The summed E-state index contributed by atoms with van der Waals surface area (Å²) in [5, 5.41) is 4.96. The molecule has 1 aromatic carbocycles. The number of halogens is 1. The highest BCUT2D eigenvalue weighted by molar-refractivity contribution is 6.39. The van der Waals surface area contributed by atoms with E-state index >= 15 is 0 Å². The molecule has 0 spiro atoms. The van der Waals surface area contributed by atoms with E-state index in [1.165, 1.54) is 12.1 Å². The monoisotopic (exact) mass is 236 g/mol. The van der Waals surface area contributed by atoms with Crippen LogP contribution >= 0.6 is 0 Å². The molecule has 2 amide bonds. The van der Waals surface area contributed by atoms with Gasteiger partial charge in [0.15, 0.2) is 0 Å². The molecular formula is C12H13FN2O2. The van der Waals surface area contributed by atoms with Crippen LogP contribution in [0.25, 0.3) is 0 Å². The fraction of sp³-hybridized carbons (Fsp3) is 0.333. The van der Waals surface area contributed by atoms with Crippen molar-refractivity contribution in [2.75, 3.05) is 5.32 Å². The van der Waals surface area contributed by atoms with Crippen LogP contribution in [0, 0.1) is 12.7 Å². The van der Waals surface area contributed by atoms with Gasteiger partial charge in [-0.1, -0.05) is 6.07 Å². The number of hydrogen-bond acceptors (Lipinski definition) is 2. The summed E-state index contributed by atoms with van der Waals surface area (Å²) in [6.45, 7) is 1.73. The molecule has 5 heteroatoms. The summed E-state index contributed by atoms with van der Waals surface area (Å²) in [7, 11) is 0. The molecule has 17 heavy (non-hydrogen) atoms. The third-order valence-corrected chi connectivity index (χ3v) is 2.57. The van der Waals surface area contributed by atoms with Gasteiger partial charge in [0.05, 0.1) is 0 Å². The first-order chi connectivity index (χ1) is 8.06. The highest BCUT2D eigenvalue weighted by Gasteiger charge is 2.26. The van der Waals surface area contributed by atoms with Crippen molar-refractivity contribution in [1.29, 1.82) is 0 Å². The molecule has 1 fully saturated rings. The van der Waals surface area contributed by atoms with Crippen molar-refractivity contribution < 1.29 is 14.0 Å². The minimum Gasteiger partial charge on any atom is -0.345 e. The first-order valence-electron chi connectivity index (χ1n) is 5.44. The molecule has 0 aromatic heterocycles. The van der Waals surface area contributed by atoms with Gasteiger partial charge in [0, 0.05) is 11.7 Å². The van der Waals surface area contributed by atoms with E-state index < -0.39 is 17.6 Å². The molecular weight excluding hydrogens is 223 g/mol. The molecule has 0 atom stereocenters. The van der Waals surface area contributed by atoms with Crippen molar-refractivity contribution in [2.24, 2.45) is 0 Å². The van der Waals surface area contributed by atoms with E-state index in [1.54, 1.807) is 13.0 Å². The Morgan fingerprint density at radius 2 is 2.00 bits per heavy atom. The van der Waals surface area contributed by atoms with Crippen LogP contribution in [-0.2, 0) is 9.59 Å². The summed E-state index contributed by atoms with van der Waals surface area (Å²) in [5.41, 5.74) is 1.03. The highest BCUT2D eigenvalue weighted by atomic mass is 19.1. The molecule has 0 saturated heterocycles. The maximum Gasteiger partial charge on any atom is 0.313 e. The van der Waals surface area contributed by atoms with Gasteiger partial charge in [-0.3, -0.25) is 9.59 Å². The quantitative estimate of drug-likeness (QED) is 0.761. The Morgan fingerprint density at radius 3 is 2.65 bits per heavy atom. The lowest BCUT2D eigenvalue weighted by Gasteiger charge is -2.08. The maximum absolute atomic E-state index is 13.0. The number of hydrogen-bond donors (Lipinski definition) is 2. The van der Waals surface area contributed by atoms with Crippen molar-refractivity contribution in [3.05, 3.63) is 29.6 Å². The number of benzene rings is 1. The van der Waals surface area contributed by atoms with E-state index in [-0.39, 0.29) is 6.04 Å². The Balaban J connectivity index is 2.01. The third kappa shape index (κ3) is 3.03. The number of anilines is 1. The van der Waals surface area contributed by atoms with Crippen LogP contribution in [-0.4, -0.2) is 17.9 Å². The minimum atomic E-state index is -0.759. The van der Waals surface area contributed by atoms with Crippen LogP contribution in [0.1, 0.15) is 18.4 Å². The van der Waals surface area contributed by atoms with Crippen molar-refractivity contribution >= 4 is 17.5 Å². The first kappa shape index (κ1) is 11.6. The van der Waals surface area contributed by atoms with E-state index in [1.807, 2.05) is 0 Å². The Morgan fingerprint density at radius 1 is 1.29 bits per heavy atom. The second kappa shape index (κ2) is 4.53. The standard InChI is InChI=1S/C12H13FN2O2/c1-7-2-3-8(13)6-10(7)15-12(17)11(16)14-9-4-5-9/h2-3,6,9H,4-5H2,1H3,(H,14,16)(H,15,17). The topological polar surface area (TPSA) is 58.2 Å². The van der Waals surface area contributed by atoms with Crippen molar-refractivity contribution in [3.8, 4) is 0 Å². The zero-order chi connectivity index (χ0) is 12.4. The predicted octanol–water partition coefficient (Wildman–Crippen LogP) is 1.35. The van der Waals surface area contributed by atoms with Crippen molar-refractivity contribution in [2.45, 2.75) is 25.8 Å². The fourth-order valence-corrected chi connectivity index (χ4v) is 1.39. The van der Waals surface area contributed by atoms with Gasteiger partial charge in [-0.25, -0.2) is 4.39 Å². The minimum absolute atomic E-state index is 0.127. The third-order valence-electron chi connectivity index (χ3n) is 2.57. The maximum atomic E-state index is 13.0. The number of amides is 2. The first-order valence-corrected chi connectivity index (χ1v) is 5.44. The number of carbonyl (C=O) groups is 2. The normalized spacial score (nSPS) is 14.2. The molecule has 90 valence electrons. The fourth-order valence-electron chi connectivity index (χ4n) is 1.39. The average molecular weight is 236 g/mol. The molecule has 0 heterocycles. The van der Waals surface area contributed by atoms with Gasteiger partial charge in [0.1, 0.15) is 5.82 Å². The van der Waals surface area contributed by atoms with Crippen molar-refractivity contribution in [3.63, 3.8) is 0 Å². The zero-order valence-electron chi connectivity index (χ0n) is 9.42. The van der Waals surface area contributed by atoms with E-state index in [0.29, 0.717) is 11.3 Å². The van der Waals surface area contributed by atoms with Crippen LogP contribution in [0.3, 0.4) is 0 Å². The van der Waals surface area contributed by atoms with E-state index in [0.717, 1.165) is 12.8 Å². The SMILES string of the molecule is Cc1ccc(F)cc1NC(=O)C(=O)NC1CC1. The van der Waals surface area contributed by atoms with Gasteiger partial charge in [-0.05, 0) is 37.5 Å².